The summed E-state index contributed by atoms with van der Waals surface area (Å²) in [7, 11) is 0. The molecule has 0 aliphatic heterocycles. The largest absolute Gasteiger partial charge is 0.426 e. The molecule has 0 fully saturated rings. The third-order valence-electron chi connectivity index (χ3n) is 2.42. The Hall–Kier alpha value is -1.77. The second-order valence-corrected chi connectivity index (χ2v) is 4.06. The van der Waals surface area contributed by atoms with E-state index in [1.54, 1.807) is 0 Å². The zero-order valence-corrected chi connectivity index (χ0v) is 9.84. The van der Waals surface area contributed by atoms with Crippen LogP contribution in [0.4, 0.5) is 0 Å². The van der Waals surface area contributed by atoms with Crippen LogP contribution >= 0.6 is 0 Å². The molecule has 3 heteroatoms. The van der Waals surface area contributed by atoms with Crippen LogP contribution in [0.3, 0.4) is 0 Å². The SMILES string of the molecule is Cc1cnc(Oc2ccccc2)n1C(C)C. The lowest BCUT2D eigenvalue weighted by Crippen LogP contribution is -2.05. The van der Waals surface area contributed by atoms with Crippen molar-refractivity contribution in [3.8, 4) is 11.8 Å². The highest BCUT2D eigenvalue weighted by atomic mass is 16.5. The van der Waals surface area contributed by atoms with Crippen molar-refractivity contribution in [3.63, 3.8) is 0 Å². The van der Waals surface area contributed by atoms with Gasteiger partial charge in [-0.15, -0.1) is 0 Å². The summed E-state index contributed by atoms with van der Waals surface area (Å²) in [5, 5.41) is 0. The van der Waals surface area contributed by atoms with Gasteiger partial charge in [0.25, 0.3) is 0 Å². The molecule has 0 aliphatic carbocycles. The predicted octanol–water partition coefficient (Wildman–Crippen LogP) is 3.56. The fourth-order valence-corrected chi connectivity index (χ4v) is 1.72. The molecule has 0 N–H and O–H groups in total. The Balaban J connectivity index is 2.29. The van der Waals surface area contributed by atoms with Crippen LogP contribution < -0.4 is 4.74 Å². The Morgan fingerprint density at radius 3 is 2.50 bits per heavy atom. The highest BCUT2D eigenvalue weighted by Crippen LogP contribution is 2.24. The quantitative estimate of drug-likeness (QED) is 0.784. The number of rotatable bonds is 3. The number of hydrogen-bond donors (Lipinski definition) is 0. The van der Waals surface area contributed by atoms with Crippen molar-refractivity contribution in [1.82, 2.24) is 9.55 Å². The van der Waals surface area contributed by atoms with Gasteiger partial charge in [-0.05, 0) is 32.9 Å². The molecule has 0 bridgehead atoms. The van der Waals surface area contributed by atoms with E-state index in [0.29, 0.717) is 12.1 Å². The van der Waals surface area contributed by atoms with E-state index in [1.807, 2.05) is 43.5 Å². The van der Waals surface area contributed by atoms with Gasteiger partial charge >= 0.3 is 6.01 Å². The van der Waals surface area contributed by atoms with Crippen molar-refractivity contribution >= 4 is 0 Å². The van der Waals surface area contributed by atoms with Crippen molar-refractivity contribution in [3.05, 3.63) is 42.2 Å². The zero-order valence-electron chi connectivity index (χ0n) is 9.84. The topological polar surface area (TPSA) is 27.1 Å². The molecule has 1 aromatic carbocycles. The molecule has 84 valence electrons. The number of aromatic nitrogens is 2. The number of aryl methyl sites for hydroxylation is 1. The van der Waals surface area contributed by atoms with Crippen molar-refractivity contribution in [1.29, 1.82) is 0 Å². The normalized spacial score (nSPS) is 10.8. The predicted molar refractivity (Wildman–Crippen MR) is 63.9 cm³/mol. The second kappa shape index (κ2) is 4.39. The standard InChI is InChI=1S/C13H16N2O/c1-10(2)15-11(3)9-14-13(15)16-12-7-5-4-6-8-12/h4-10H,1-3H3. The first kappa shape index (κ1) is 10.7. The lowest BCUT2D eigenvalue weighted by Gasteiger charge is -2.13. The van der Waals surface area contributed by atoms with Crippen molar-refractivity contribution in [2.24, 2.45) is 0 Å². The molecule has 0 unspecified atom stereocenters. The van der Waals surface area contributed by atoms with Crippen molar-refractivity contribution in [2.75, 3.05) is 0 Å². The first-order valence-electron chi connectivity index (χ1n) is 5.45. The number of hydrogen-bond acceptors (Lipinski definition) is 2. The van der Waals surface area contributed by atoms with E-state index in [-0.39, 0.29) is 0 Å². The molecule has 2 aromatic rings. The Kier molecular flexibility index (Phi) is 2.95. The summed E-state index contributed by atoms with van der Waals surface area (Å²) in [6.07, 6.45) is 1.83. The van der Waals surface area contributed by atoms with Gasteiger partial charge in [-0.25, -0.2) is 4.98 Å². The minimum Gasteiger partial charge on any atom is -0.426 e. The summed E-state index contributed by atoms with van der Waals surface area (Å²) in [4.78, 5) is 4.27. The van der Waals surface area contributed by atoms with E-state index in [1.165, 1.54) is 0 Å². The number of para-hydroxylation sites is 1. The number of nitrogens with zero attached hydrogens (tertiary/aromatic N) is 2. The lowest BCUT2D eigenvalue weighted by atomic mass is 10.3. The molecule has 0 spiro atoms. The Morgan fingerprint density at radius 1 is 1.19 bits per heavy atom. The third kappa shape index (κ3) is 2.08. The number of benzene rings is 1. The van der Waals surface area contributed by atoms with Gasteiger partial charge in [0.1, 0.15) is 5.75 Å². The van der Waals surface area contributed by atoms with Crippen LogP contribution in [0.2, 0.25) is 0 Å². The smallest absolute Gasteiger partial charge is 0.302 e. The summed E-state index contributed by atoms with van der Waals surface area (Å²) in [6.45, 7) is 6.27. The van der Waals surface area contributed by atoms with E-state index in [4.69, 9.17) is 4.74 Å². The third-order valence-corrected chi connectivity index (χ3v) is 2.42. The summed E-state index contributed by atoms with van der Waals surface area (Å²) < 4.78 is 7.82. The molecule has 2 rings (SSSR count). The highest BCUT2D eigenvalue weighted by Gasteiger charge is 2.11. The molecule has 0 atom stereocenters. The summed E-state index contributed by atoms with van der Waals surface area (Å²) in [5.41, 5.74) is 1.11. The fraction of sp³-hybridized carbons (Fsp3) is 0.308. The maximum Gasteiger partial charge on any atom is 0.302 e. The van der Waals surface area contributed by atoms with E-state index in [9.17, 15) is 0 Å². The van der Waals surface area contributed by atoms with Crippen LogP contribution in [0.5, 0.6) is 11.8 Å². The fourth-order valence-electron chi connectivity index (χ4n) is 1.72. The molecule has 1 aromatic heterocycles. The molecule has 3 nitrogen and oxygen atoms in total. The number of imidazole rings is 1. The first-order valence-corrected chi connectivity index (χ1v) is 5.45. The molecule has 0 saturated heterocycles. The van der Waals surface area contributed by atoms with Gasteiger partial charge in [0.05, 0.1) is 6.20 Å². The van der Waals surface area contributed by atoms with Gasteiger partial charge in [-0.3, -0.25) is 4.57 Å². The van der Waals surface area contributed by atoms with Crippen LogP contribution in [0.1, 0.15) is 25.6 Å². The van der Waals surface area contributed by atoms with Crippen LogP contribution in [0, 0.1) is 6.92 Å². The maximum atomic E-state index is 5.74. The minimum atomic E-state index is 0.348. The molecule has 0 aliphatic rings. The van der Waals surface area contributed by atoms with E-state index >= 15 is 0 Å². The highest BCUT2D eigenvalue weighted by molar-refractivity contribution is 5.25. The average Bonchev–Trinajstić information content (AvgIpc) is 2.61. The molecule has 0 radical (unpaired) electrons. The molecule has 16 heavy (non-hydrogen) atoms. The summed E-state index contributed by atoms with van der Waals surface area (Å²) in [6, 6.07) is 10.7. The van der Waals surface area contributed by atoms with Gasteiger partial charge in [0, 0.05) is 11.7 Å². The monoisotopic (exact) mass is 216 g/mol. The van der Waals surface area contributed by atoms with Crippen LogP contribution in [-0.2, 0) is 0 Å². The van der Waals surface area contributed by atoms with E-state index in [0.717, 1.165) is 11.4 Å². The first-order chi connectivity index (χ1) is 7.68. The second-order valence-electron chi connectivity index (χ2n) is 4.06. The molecule has 0 saturated carbocycles. The summed E-state index contributed by atoms with van der Waals surface area (Å²) >= 11 is 0. The lowest BCUT2D eigenvalue weighted by molar-refractivity contribution is 0.393. The van der Waals surface area contributed by atoms with E-state index < -0.39 is 0 Å². The zero-order chi connectivity index (χ0) is 11.5. The van der Waals surface area contributed by atoms with Gasteiger partial charge in [0.2, 0.25) is 0 Å². The van der Waals surface area contributed by atoms with Gasteiger partial charge < -0.3 is 4.74 Å². The van der Waals surface area contributed by atoms with Crippen LogP contribution in [0.15, 0.2) is 36.5 Å². The van der Waals surface area contributed by atoms with Gasteiger partial charge in [-0.1, -0.05) is 18.2 Å². The molecule has 0 amide bonds. The summed E-state index contributed by atoms with van der Waals surface area (Å²) in [5.74, 6) is 0.815. The van der Waals surface area contributed by atoms with E-state index in [2.05, 4.69) is 23.4 Å². The van der Waals surface area contributed by atoms with Crippen LogP contribution in [0.25, 0.3) is 0 Å². The molecular formula is C13H16N2O. The van der Waals surface area contributed by atoms with Crippen molar-refractivity contribution in [2.45, 2.75) is 26.8 Å². The average molecular weight is 216 g/mol. The van der Waals surface area contributed by atoms with Gasteiger partial charge in [0.15, 0.2) is 0 Å². The Morgan fingerprint density at radius 2 is 1.88 bits per heavy atom. The minimum absolute atomic E-state index is 0.348. The molecule has 1 heterocycles. The van der Waals surface area contributed by atoms with Crippen LogP contribution in [-0.4, -0.2) is 9.55 Å². The number of ether oxygens (including phenoxy) is 1. The Bertz CT molecular complexity index is 460. The van der Waals surface area contributed by atoms with Crippen molar-refractivity contribution < 1.29 is 4.74 Å². The molecular weight excluding hydrogens is 200 g/mol. The van der Waals surface area contributed by atoms with Gasteiger partial charge in [-0.2, -0.15) is 0 Å². The Labute approximate surface area is 95.7 Å². The maximum absolute atomic E-state index is 5.74.